The quantitative estimate of drug-likeness (QED) is 0.624. The van der Waals surface area contributed by atoms with Gasteiger partial charge in [-0.1, -0.05) is 36.2 Å². The van der Waals surface area contributed by atoms with Gasteiger partial charge in [0.05, 0.1) is 6.54 Å². The molecule has 0 aliphatic carbocycles. The minimum Gasteiger partial charge on any atom is -0.369 e. The second kappa shape index (κ2) is 9.47. The van der Waals surface area contributed by atoms with Gasteiger partial charge in [0.1, 0.15) is 5.82 Å². The standard InChI is InChI=1S/C24H30N6O/c1-2-7-13-30(12-6-1)22-11-10-20(18-25-22)24-26-23(31-27-24)19-28-14-16-29(17-15-28)21-8-4-3-5-9-21/h3-5,8-11,18H,1-2,6-7,12-17,19H2. The fraction of sp³-hybridized carbons (Fsp3) is 0.458. The maximum absolute atomic E-state index is 5.54. The van der Waals surface area contributed by atoms with Crippen LogP contribution in [0.15, 0.2) is 53.2 Å². The minimum atomic E-state index is 0.618. The van der Waals surface area contributed by atoms with Crippen LogP contribution in [0.2, 0.25) is 0 Å². The zero-order chi connectivity index (χ0) is 20.9. The van der Waals surface area contributed by atoms with Gasteiger partial charge in [-0.05, 0) is 37.1 Å². The molecular formula is C24H30N6O. The third-order valence-corrected chi connectivity index (χ3v) is 6.26. The first-order valence-electron chi connectivity index (χ1n) is 11.4. The van der Waals surface area contributed by atoms with E-state index in [1.165, 1.54) is 31.4 Å². The highest BCUT2D eigenvalue weighted by Gasteiger charge is 2.20. The van der Waals surface area contributed by atoms with Crippen LogP contribution >= 0.6 is 0 Å². The zero-order valence-corrected chi connectivity index (χ0v) is 18.0. The van der Waals surface area contributed by atoms with Gasteiger partial charge in [0, 0.05) is 56.7 Å². The Balaban J connectivity index is 1.17. The molecule has 0 bridgehead atoms. The Hall–Kier alpha value is -2.93. The van der Waals surface area contributed by atoms with Crippen LogP contribution < -0.4 is 9.80 Å². The molecule has 0 atom stereocenters. The van der Waals surface area contributed by atoms with Crippen molar-refractivity contribution in [3.8, 4) is 11.4 Å². The molecule has 0 amide bonds. The summed E-state index contributed by atoms with van der Waals surface area (Å²) in [6.45, 7) is 6.86. The predicted molar refractivity (Wildman–Crippen MR) is 122 cm³/mol. The maximum atomic E-state index is 5.54. The summed E-state index contributed by atoms with van der Waals surface area (Å²) in [5, 5.41) is 4.19. The van der Waals surface area contributed by atoms with Crippen LogP contribution in [0.5, 0.6) is 0 Å². The van der Waals surface area contributed by atoms with E-state index in [4.69, 9.17) is 4.52 Å². The molecule has 31 heavy (non-hydrogen) atoms. The zero-order valence-electron chi connectivity index (χ0n) is 18.0. The number of para-hydroxylation sites is 1. The third kappa shape index (κ3) is 4.88. The number of nitrogens with zero attached hydrogens (tertiary/aromatic N) is 6. The number of aromatic nitrogens is 3. The van der Waals surface area contributed by atoms with Crippen LogP contribution in [-0.4, -0.2) is 59.3 Å². The van der Waals surface area contributed by atoms with Crippen molar-refractivity contribution in [1.29, 1.82) is 0 Å². The van der Waals surface area contributed by atoms with E-state index in [-0.39, 0.29) is 0 Å². The van der Waals surface area contributed by atoms with Gasteiger partial charge in [-0.25, -0.2) is 4.98 Å². The van der Waals surface area contributed by atoms with Crippen molar-refractivity contribution in [2.75, 3.05) is 49.1 Å². The summed E-state index contributed by atoms with van der Waals surface area (Å²) in [6.07, 6.45) is 7.00. The topological polar surface area (TPSA) is 61.5 Å². The number of hydrogen-bond acceptors (Lipinski definition) is 7. The molecule has 2 aromatic heterocycles. The summed E-state index contributed by atoms with van der Waals surface area (Å²) >= 11 is 0. The second-order valence-electron chi connectivity index (χ2n) is 8.42. The molecule has 2 aliphatic heterocycles. The highest BCUT2D eigenvalue weighted by Crippen LogP contribution is 2.22. The largest absolute Gasteiger partial charge is 0.369 e. The molecule has 0 unspecified atom stereocenters. The van der Waals surface area contributed by atoms with Crippen LogP contribution in [0.4, 0.5) is 11.5 Å². The molecule has 4 heterocycles. The number of rotatable bonds is 5. The first-order valence-corrected chi connectivity index (χ1v) is 11.4. The van der Waals surface area contributed by atoms with Gasteiger partial charge in [0.2, 0.25) is 11.7 Å². The van der Waals surface area contributed by atoms with Crippen LogP contribution in [-0.2, 0) is 6.54 Å². The van der Waals surface area contributed by atoms with Gasteiger partial charge in [0.25, 0.3) is 0 Å². The number of hydrogen-bond donors (Lipinski definition) is 0. The number of benzene rings is 1. The van der Waals surface area contributed by atoms with E-state index in [0.29, 0.717) is 18.3 Å². The Morgan fingerprint density at radius 1 is 0.774 bits per heavy atom. The van der Waals surface area contributed by atoms with Crippen molar-refractivity contribution in [3.05, 3.63) is 54.6 Å². The summed E-state index contributed by atoms with van der Waals surface area (Å²) < 4.78 is 5.54. The Labute approximate surface area is 183 Å². The minimum absolute atomic E-state index is 0.618. The second-order valence-corrected chi connectivity index (χ2v) is 8.42. The van der Waals surface area contributed by atoms with Crippen molar-refractivity contribution >= 4 is 11.5 Å². The number of piperazine rings is 1. The van der Waals surface area contributed by atoms with E-state index >= 15 is 0 Å². The Kier molecular flexibility index (Phi) is 6.11. The average molecular weight is 419 g/mol. The van der Waals surface area contributed by atoms with Crippen molar-refractivity contribution in [2.45, 2.75) is 32.2 Å². The highest BCUT2D eigenvalue weighted by atomic mass is 16.5. The van der Waals surface area contributed by atoms with Crippen molar-refractivity contribution in [2.24, 2.45) is 0 Å². The lowest BCUT2D eigenvalue weighted by Crippen LogP contribution is -2.46. The summed E-state index contributed by atoms with van der Waals surface area (Å²) in [4.78, 5) is 16.5. The van der Waals surface area contributed by atoms with Crippen LogP contribution in [0.25, 0.3) is 11.4 Å². The molecule has 0 radical (unpaired) electrons. The molecule has 0 N–H and O–H groups in total. The molecular weight excluding hydrogens is 388 g/mol. The summed E-state index contributed by atoms with van der Waals surface area (Å²) in [5.74, 6) is 2.33. The van der Waals surface area contributed by atoms with Crippen LogP contribution in [0.1, 0.15) is 31.6 Å². The first kappa shape index (κ1) is 20.0. The van der Waals surface area contributed by atoms with Gasteiger partial charge in [-0.15, -0.1) is 0 Å². The lowest BCUT2D eigenvalue weighted by atomic mass is 10.2. The Morgan fingerprint density at radius 2 is 1.55 bits per heavy atom. The molecule has 162 valence electrons. The third-order valence-electron chi connectivity index (χ3n) is 6.26. The monoisotopic (exact) mass is 418 g/mol. The lowest BCUT2D eigenvalue weighted by Gasteiger charge is -2.35. The van der Waals surface area contributed by atoms with E-state index < -0.39 is 0 Å². The van der Waals surface area contributed by atoms with E-state index in [2.05, 4.69) is 72.3 Å². The molecule has 5 rings (SSSR count). The average Bonchev–Trinajstić information content (AvgIpc) is 3.12. The van der Waals surface area contributed by atoms with Gasteiger partial charge < -0.3 is 14.3 Å². The summed E-state index contributed by atoms with van der Waals surface area (Å²) in [5.41, 5.74) is 2.20. The van der Waals surface area contributed by atoms with Crippen molar-refractivity contribution in [3.63, 3.8) is 0 Å². The van der Waals surface area contributed by atoms with E-state index in [1.807, 2.05) is 6.20 Å². The number of pyridine rings is 1. The van der Waals surface area contributed by atoms with E-state index in [0.717, 1.165) is 50.6 Å². The van der Waals surface area contributed by atoms with Gasteiger partial charge >= 0.3 is 0 Å². The summed E-state index contributed by atoms with van der Waals surface area (Å²) in [7, 11) is 0. The Bertz CT molecular complexity index is 942. The smallest absolute Gasteiger partial charge is 0.241 e. The van der Waals surface area contributed by atoms with Crippen molar-refractivity contribution in [1.82, 2.24) is 20.0 Å². The summed E-state index contributed by atoms with van der Waals surface area (Å²) in [6, 6.07) is 14.7. The van der Waals surface area contributed by atoms with Crippen LogP contribution in [0.3, 0.4) is 0 Å². The van der Waals surface area contributed by atoms with Crippen LogP contribution in [0, 0.1) is 0 Å². The molecule has 7 heteroatoms. The normalized spacial score (nSPS) is 18.2. The molecule has 7 nitrogen and oxygen atoms in total. The molecule has 2 saturated heterocycles. The first-order chi connectivity index (χ1) is 15.3. The van der Waals surface area contributed by atoms with Gasteiger partial charge in [-0.3, -0.25) is 4.90 Å². The Morgan fingerprint density at radius 3 is 2.26 bits per heavy atom. The number of anilines is 2. The molecule has 2 fully saturated rings. The molecule has 1 aromatic carbocycles. The fourth-order valence-corrected chi connectivity index (χ4v) is 4.44. The van der Waals surface area contributed by atoms with Crippen molar-refractivity contribution < 1.29 is 4.52 Å². The highest BCUT2D eigenvalue weighted by molar-refractivity contribution is 5.56. The molecule has 2 aliphatic rings. The van der Waals surface area contributed by atoms with Gasteiger partial charge in [0.15, 0.2) is 0 Å². The predicted octanol–water partition coefficient (Wildman–Crippen LogP) is 3.83. The van der Waals surface area contributed by atoms with E-state index in [1.54, 1.807) is 0 Å². The van der Waals surface area contributed by atoms with E-state index in [9.17, 15) is 0 Å². The fourth-order valence-electron chi connectivity index (χ4n) is 4.44. The molecule has 0 spiro atoms. The molecule has 0 saturated carbocycles. The maximum Gasteiger partial charge on any atom is 0.241 e. The van der Waals surface area contributed by atoms with Gasteiger partial charge in [-0.2, -0.15) is 4.98 Å². The lowest BCUT2D eigenvalue weighted by molar-refractivity contribution is 0.215. The SMILES string of the molecule is c1ccc(N2CCN(Cc3nc(-c4ccc(N5CCCCCC5)nc4)no3)CC2)cc1. The molecule has 3 aromatic rings.